The van der Waals surface area contributed by atoms with E-state index < -0.39 is 18.5 Å². The quantitative estimate of drug-likeness (QED) is 0.351. The Kier molecular flexibility index (Phi) is 6.43. The smallest absolute Gasteiger partial charge is 0.348 e. The number of para-hydroxylation sites is 1. The number of nitrogens with one attached hydrogen (secondary N) is 3. The van der Waals surface area contributed by atoms with Crippen LogP contribution in [0.5, 0.6) is 0 Å². The summed E-state index contributed by atoms with van der Waals surface area (Å²) in [7, 11) is 1.54. The molecule has 0 fully saturated rings. The van der Waals surface area contributed by atoms with Gasteiger partial charge in [0.25, 0.3) is 11.8 Å². The lowest BCUT2D eigenvalue weighted by molar-refractivity contribution is -0.119. The number of thiazole rings is 1. The zero-order chi connectivity index (χ0) is 22.5. The average molecular weight is 467 g/mol. The number of rotatable bonds is 7. The highest BCUT2D eigenvalue weighted by atomic mass is 32.1. The lowest BCUT2D eigenvalue weighted by atomic mass is 10.2. The van der Waals surface area contributed by atoms with E-state index >= 15 is 0 Å². The number of thiophene rings is 1. The molecule has 0 bridgehead atoms. The van der Waals surface area contributed by atoms with Crippen LogP contribution in [0.2, 0.25) is 0 Å². The summed E-state index contributed by atoms with van der Waals surface area (Å²) in [5.41, 5.74) is 1.91. The van der Waals surface area contributed by atoms with Gasteiger partial charge in [0.1, 0.15) is 9.71 Å². The van der Waals surface area contributed by atoms with Gasteiger partial charge in [0, 0.05) is 24.0 Å². The van der Waals surface area contributed by atoms with Gasteiger partial charge < -0.3 is 20.7 Å². The second-order valence-corrected chi connectivity index (χ2v) is 8.63. The predicted molar refractivity (Wildman–Crippen MR) is 126 cm³/mol. The monoisotopic (exact) mass is 466 g/mol. The van der Waals surface area contributed by atoms with Crippen molar-refractivity contribution in [2.45, 2.75) is 0 Å². The van der Waals surface area contributed by atoms with Crippen molar-refractivity contribution in [3.63, 3.8) is 0 Å². The SMILES string of the molecule is CNC(=O)c1ccc(NC(=O)COC(=O)c2cc3sc(Nc4ccccc4)nc3s2)cc1. The number of ether oxygens (including phenoxy) is 1. The van der Waals surface area contributed by atoms with Crippen LogP contribution in [0.4, 0.5) is 16.5 Å². The van der Waals surface area contributed by atoms with Crippen LogP contribution in [0, 0.1) is 0 Å². The van der Waals surface area contributed by atoms with E-state index in [0.717, 1.165) is 20.3 Å². The van der Waals surface area contributed by atoms with E-state index in [4.69, 9.17) is 4.74 Å². The minimum atomic E-state index is -0.581. The number of carbonyl (C=O) groups excluding carboxylic acids is 3. The Morgan fingerprint density at radius 2 is 1.72 bits per heavy atom. The van der Waals surface area contributed by atoms with Crippen molar-refractivity contribution < 1.29 is 19.1 Å². The summed E-state index contributed by atoms with van der Waals surface area (Å²) >= 11 is 2.65. The first kappa shape index (κ1) is 21.5. The minimum absolute atomic E-state index is 0.217. The lowest BCUT2D eigenvalue weighted by Crippen LogP contribution is -2.21. The van der Waals surface area contributed by atoms with Crippen molar-refractivity contribution in [3.05, 3.63) is 71.1 Å². The highest BCUT2D eigenvalue weighted by Gasteiger charge is 2.17. The number of hydrogen-bond donors (Lipinski definition) is 3. The van der Waals surface area contributed by atoms with E-state index in [9.17, 15) is 14.4 Å². The lowest BCUT2D eigenvalue weighted by Gasteiger charge is -2.07. The summed E-state index contributed by atoms with van der Waals surface area (Å²) in [6, 6.07) is 17.8. The Bertz CT molecular complexity index is 1230. The molecule has 0 radical (unpaired) electrons. The van der Waals surface area contributed by atoms with Crippen molar-refractivity contribution >= 4 is 66.5 Å². The summed E-state index contributed by atoms with van der Waals surface area (Å²) < 4.78 is 5.98. The summed E-state index contributed by atoms with van der Waals surface area (Å²) in [6.07, 6.45) is 0. The van der Waals surface area contributed by atoms with E-state index in [-0.39, 0.29) is 5.91 Å². The fourth-order valence-electron chi connectivity index (χ4n) is 2.78. The molecule has 162 valence electrons. The predicted octanol–water partition coefficient (Wildman–Crippen LogP) is 4.26. The number of esters is 1. The molecule has 2 heterocycles. The van der Waals surface area contributed by atoms with Gasteiger partial charge in [-0.05, 0) is 42.5 Å². The summed E-state index contributed by atoms with van der Waals surface area (Å²) in [4.78, 5) is 41.6. The molecule has 4 rings (SSSR count). The second kappa shape index (κ2) is 9.58. The first-order valence-electron chi connectivity index (χ1n) is 9.53. The van der Waals surface area contributed by atoms with Crippen LogP contribution >= 0.6 is 22.7 Å². The molecule has 0 aliphatic rings. The maximum atomic E-state index is 12.3. The molecule has 32 heavy (non-hydrogen) atoms. The number of aromatic nitrogens is 1. The van der Waals surface area contributed by atoms with E-state index in [2.05, 4.69) is 20.9 Å². The first-order chi connectivity index (χ1) is 15.5. The van der Waals surface area contributed by atoms with Crippen LogP contribution in [0.25, 0.3) is 9.53 Å². The molecule has 0 saturated carbocycles. The Morgan fingerprint density at radius 3 is 2.41 bits per heavy atom. The Hall–Kier alpha value is -3.76. The van der Waals surface area contributed by atoms with Gasteiger partial charge in [-0.1, -0.05) is 29.5 Å². The first-order valence-corrected chi connectivity index (χ1v) is 11.2. The largest absolute Gasteiger partial charge is 0.451 e. The van der Waals surface area contributed by atoms with E-state index in [1.165, 1.54) is 22.7 Å². The van der Waals surface area contributed by atoms with Gasteiger partial charge in [0.15, 0.2) is 11.7 Å². The topological polar surface area (TPSA) is 109 Å². The van der Waals surface area contributed by atoms with Gasteiger partial charge >= 0.3 is 5.97 Å². The van der Waals surface area contributed by atoms with Crippen LogP contribution in [0.3, 0.4) is 0 Å². The Balaban J connectivity index is 1.31. The molecule has 2 amide bonds. The fraction of sp³-hybridized carbons (Fsp3) is 0.0909. The van der Waals surface area contributed by atoms with Crippen molar-refractivity contribution in [1.29, 1.82) is 0 Å². The van der Waals surface area contributed by atoms with Gasteiger partial charge in [-0.15, -0.1) is 11.3 Å². The van der Waals surface area contributed by atoms with Crippen LogP contribution in [-0.4, -0.2) is 36.4 Å². The number of carbonyl (C=O) groups is 3. The van der Waals surface area contributed by atoms with Crippen molar-refractivity contribution in [2.75, 3.05) is 24.3 Å². The molecule has 0 aliphatic carbocycles. The zero-order valence-corrected chi connectivity index (χ0v) is 18.5. The molecule has 0 spiro atoms. The molecule has 0 saturated heterocycles. The second-order valence-electron chi connectivity index (χ2n) is 6.57. The number of fused-ring (bicyclic) bond motifs is 1. The van der Waals surface area contributed by atoms with Crippen LogP contribution in [0.1, 0.15) is 20.0 Å². The highest BCUT2D eigenvalue weighted by Crippen LogP contribution is 2.34. The average Bonchev–Trinajstić information content (AvgIpc) is 3.37. The van der Waals surface area contributed by atoms with Crippen LogP contribution in [-0.2, 0) is 9.53 Å². The maximum absolute atomic E-state index is 12.3. The molecular weight excluding hydrogens is 448 g/mol. The molecule has 0 atom stereocenters. The van der Waals surface area contributed by atoms with Gasteiger partial charge in [0.2, 0.25) is 0 Å². The summed E-state index contributed by atoms with van der Waals surface area (Å²) in [5, 5.41) is 9.11. The minimum Gasteiger partial charge on any atom is -0.451 e. The number of amides is 2. The molecule has 4 aromatic rings. The number of benzene rings is 2. The van der Waals surface area contributed by atoms with Crippen molar-refractivity contribution in [2.24, 2.45) is 0 Å². The molecule has 0 unspecified atom stereocenters. The van der Waals surface area contributed by atoms with E-state index in [0.29, 0.717) is 16.1 Å². The summed E-state index contributed by atoms with van der Waals surface area (Å²) in [5.74, 6) is -1.27. The third-order valence-corrected chi connectivity index (χ3v) is 6.36. The fourth-order valence-corrected chi connectivity index (χ4v) is 4.81. The zero-order valence-electron chi connectivity index (χ0n) is 16.9. The number of anilines is 3. The van der Waals surface area contributed by atoms with Crippen molar-refractivity contribution in [1.82, 2.24) is 10.3 Å². The molecule has 2 aromatic heterocycles. The molecule has 2 aromatic carbocycles. The Labute approximate surface area is 191 Å². The molecule has 10 heteroatoms. The standard InChI is InChI=1S/C22H18N4O4S2/c1-23-19(28)13-7-9-15(10-8-13)24-18(27)12-30-21(29)17-11-16-20(31-17)26-22(32-16)25-14-5-3-2-4-6-14/h2-11H,12H2,1H3,(H,23,28)(H,24,27)(H,25,26). The molecular formula is C22H18N4O4S2. The van der Waals surface area contributed by atoms with E-state index in [1.54, 1.807) is 37.4 Å². The Morgan fingerprint density at radius 1 is 0.969 bits per heavy atom. The van der Waals surface area contributed by atoms with Crippen LogP contribution in [0.15, 0.2) is 60.7 Å². The number of hydrogen-bond acceptors (Lipinski definition) is 8. The van der Waals surface area contributed by atoms with Crippen molar-refractivity contribution in [3.8, 4) is 0 Å². The molecule has 0 aliphatic heterocycles. The summed E-state index contributed by atoms with van der Waals surface area (Å²) in [6.45, 7) is -0.421. The molecule has 8 nitrogen and oxygen atoms in total. The van der Waals surface area contributed by atoms with Gasteiger partial charge in [0.05, 0.1) is 4.70 Å². The number of nitrogens with zero attached hydrogens (tertiary/aromatic N) is 1. The van der Waals surface area contributed by atoms with Gasteiger partial charge in [-0.3, -0.25) is 9.59 Å². The third kappa shape index (κ3) is 5.10. The maximum Gasteiger partial charge on any atom is 0.348 e. The van der Waals surface area contributed by atoms with Crippen LogP contribution < -0.4 is 16.0 Å². The third-order valence-electron chi connectivity index (χ3n) is 4.31. The highest BCUT2D eigenvalue weighted by molar-refractivity contribution is 7.29. The normalized spacial score (nSPS) is 10.5. The molecule has 3 N–H and O–H groups in total. The van der Waals surface area contributed by atoms with Gasteiger partial charge in [-0.25, -0.2) is 9.78 Å². The van der Waals surface area contributed by atoms with E-state index in [1.807, 2.05) is 30.3 Å². The van der Waals surface area contributed by atoms with Gasteiger partial charge in [-0.2, -0.15) is 0 Å².